The van der Waals surface area contributed by atoms with Crippen molar-refractivity contribution in [1.82, 2.24) is 0 Å². The molecule has 0 aromatic carbocycles. The number of hydrogen-bond donors (Lipinski definition) is 3. The zero-order valence-corrected chi connectivity index (χ0v) is 33.8. The third kappa shape index (κ3) is 47.8. The summed E-state index contributed by atoms with van der Waals surface area (Å²) in [4.78, 5) is 43.6. The topological polar surface area (TPSA) is 147 Å². The molecule has 0 aliphatic carbocycles. The number of hydrogen-bond acceptors (Lipinski definition) is 7. The minimum Gasteiger partial charge on any atom is -0.481 e. The van der Waals surface area contributed by atoms with Crippen LogP contribution >= 0.6 is 0 Å². The van der Waals surface area contributed by atoms with Crippen LogP contribution < -0.4 is 0 Å². The quantitative estimate of drug-likeness (QED) is 0.0413. The molecule has 0 bridgehead atoms. The van der Waals surface area contributed by atoms with Gasteiger partial charge in [-0.15, -0.1) is 0 Å². The first-order chi connectivity index (χ1) is 25.2. The summed E-state index contributed by atoms with van der Waals surface area (Å²) in [7, 11) is 0. The van der Waals surface area contributed by atoms with E-state index in [4.69, 9.17) is 19.7 Å². The lowest BCUT2D eigenvalue weighted by atomic mass is 10.0. The van der Waals surface area contributed by atoms with Gasteiger partial charge < -0.3 is 24.8 Å². The van der Waals surface area contributed by atoms with Crippen molar-refractivity contribution in [2.75, 3.05) is 13.2 Å². The van der Waals surface area contributed by atoms with Gasteiger partial charge in [-0.05, 0) is 12.8 Å². The van der Waals surface area contributed by atoms with E-state index in [2.05, 4.69) is 13.8 Å². The normalized spacial score (nSPS) is 11.4. The van der Waals surface area contributed by atoms with Crippen LogP contribution in [0.25, 0.3) is 0 Å². The molecule has 0 rings (SSSR count). The highest BCUT2D eigenvalue weighted by Gasteiger charge is 2.13. The van der Waals surface area contributed by atoms with Crippen molar-refractivity contribution >= 4 is 23.9 Å². The van der Waals surface area contributed by atoms with Gasteiger partial charge in [-0.2, -0.15) is 0 Å². The van der Waals surface area contributed by atoms with E-state index in [9.17, 15) is 24.3 Å². The van der Waals surface area contributed by atoms with Crippen molar-refractivity contribution in [2.24, 2.45) is 0 Å². The van der Waals surface area contributed by atoms with Crippen LogP contribution in [0.5, 0.6) is 0 Å². The molecule has 0 aliphatic rings. The molecule has 0 spiro atoms. The van der Waals surface area contributed by atoms with Crippen LogP contribution in [-0.4, -0.2) is 58.5 Å². The zero-order valence-electron chi connectivity index (χ0n) is 33.8. The van der Waals surface area contributed by atoms with Gasteiger partial charge in [-0.3, -0.25) is 19.2 Å². The molecule has 0 heterocycles. The molecule has 52 heavy (non-hydrogen) atoms. The van der Waals surface area contributed by atoms with Gasteiger partial charge in [0.15, 0.2) is 0 Å². The first-order valence-electron chi connectivity index (χ1n) is 21.7. The lowest BCUT2D eigenvalue weighted by Crippen LogP contribution is -2.25. The maximum Gasteiger partial charge on any atom is 0.306 e. The number of esters is 2. The number of carbonyl (C=O) groups is 4. The van der Waals surface area contributed by atoms with Crippen molar-refractivity contribution in [1.29, 1.82) is 0 Å². The van der Waals surface area contributed by atoms with Crippen molar-refractivity contribution < 1.29 is 44.0 Å². The largest absolute Gasteiger partial charge is 0.481 e. The molecule has 1 unspecified atom stereocenters. The molecule has 0 aromatic rings. The van der Waals surface area contributed by atoms with E-state index in [1.807, 2.05) is 0 Å². The number of carboxylic acid groups (broad SMARTS) is 2. The molecule has 308 valence electrons. The SMILES string of the molecule is CCCCCCCCCCCCCCCCCC(=O)O.CCCCCCCCCCCCCCCCCC(=O)OCC(O)COC(=O)CCC(=O)O. The van der Waals surface area contributed by atoms with E-state index in [1.165, 1.54) is 161 Å². The Bertz CT molecular complexity index is 801. The van der Waals surface area contributed by atoms with E-state index in [0.717, 1.165) is 32.1 Å². The van der Waals surface area contributed by atoms with Crippen LogP contribution in [0, 0.1) is 0 Å². The van der Waals surface area contributed by atoms with E-state index < -0.39 is 24.0 Å². The van der Waals surface area contributed by atoms with Crippen LogP contribution in [0.15, 0.2) is 0 Å². The Kier molecular flexibility index (Phi) is 43.2. The zero-order chi connectivity index (χ0) is 38.8. The second-order valence-electron chi connectivity index (χ2n) is 14.7. The molecule has 0 aliphatic heterocycles. The van der Waals surface area contributed by atoms with E-state index >= 15 is 0 Å². The van der Waals surface area contributed by atoms with Crippen molar-refractivity contribution in [3.05, 3.63) is 0 Å². The number of aliphatic carboxylic acids is 2. The summed E-state index contributed by atoms with van der Waals surface area (Å²) in [5, 5.41) is 26.6. The summed E-state index contributed by atoms with van der Waals surface area (Å²) in [5.74, 6) is -2.80. The number of rotatable bonds is 39. The van der Waals surface area contributed by atoms with Gasteiger partial charge in [-0.25, -0.2) is 0 Å². The number of carbonyl (C=O) groups excluding carboxylic acids is 2. The lowest BCUT2D eigenvalue weighted by Gasteiger charge is -2.11. The Morgan fingerprint density at radius 2 is 0.615 bits per heavy atom. The molecule has 0 radical (unpaired) electrons. The molecule has 1 atom stereocenters. The van der Waals surface area contributed by atoms with E-state index in [-0.39, 0.29) is 32.0 Å². The molecule has 9 heteroatoms. The highest BCUT2D eigenvalue weighted by atomic mass is 16.6. The Morgan fingerprint density at radius 3 is 0.904 bits per heavy atom. The number of ether oxygens (including phenoxy) is 2. The fraction of sp³-hybridized carbons (Fsp3) is 0.907. The van der Waals surface area contributed by atoms with Gasteiger partial charge in [0.25, 0.3) is 0 Å². The van der Waals surface area contributed by atoms with E-state index in [0.29, 0.717) is 12.8 Å². The van der Waals surface area contributed by atoms with Crippen LogP contribution in [-0.2, 0) is 28.7 Å². The third-order valence-electron chi connectivity index (χ3n) is 9.40. The van der Waals surface area contributed by atoms with Crippen molar-refractivity contribution in [2.45, 2.75) is 238 Å². The smallest absolute Gasteiger partial charge is 0.306 e. The van der Waals surface area contributed by atoms with Crippen molar-refractivity contribution in [3.63, 3.8) is 0 Å². The summed E-state index contributed by atoms with van der Waals surface area (Å²) in [6.45, 7) is 3.98. The van der Waals surface area contributed by atoms with E-state index in [1.54, 1.807) is 0 Å². The van der Waals surface area contributed by atoms with Gasteiger partial charge in [0, 0.05) is 12.8 Å². The summed E-state index contributed by atoms with van der Waals surface area (Å²) in [6, 6.07) is 0. The predicted octanol–water partition coefficient (Wildman–Crippen LogP) is 11.9. The molecule has 0 fully saturated rings. The molecule has 9 nitrogen and oxygen atoms in total. The molecular weight excluding hydrogens is 660 g/mol. The first-order valence-corrected chi connectivity index (χ1v) is 21.7. The fourth-order valence-electron chi connectivity index (χ4n) is 6.07. The molecule has 0 saturated heterocycles. The molecular formula is C43H82O9. The predicted molar refractivity (Wildman–Crippen MR) is 212 cm³/mol. The fourth-order valence-corrected chi connectivity index (χ4v) is 6.07. The minimum absolute atomic E-state index is 0.232. The maximum atomic E-state index is 11.7. The van der Waals surface area contributed by atoms with Gasteiger partial charge in [0.05, 0.1) is 12.8 Å². The summed E-state index contributed by atoms with van der Waals surface area (Å²) < 4.78 is 9.71. The summed E-state index contributed by atoms with van der Waals surface area (Å²) in [6.07, 6.45) is 37.8. The summed E-state index contributed by atoms with van der Waals surface area (Å²) >= 11 is 0. The maximum absolute atomic E-state index is 11.7. The highest BCUT2D eigenvalue weighted by molar-refractivity contribution is 5.76. The van der Waals surface area contributed by atoms with Crippen LogP contribution in [0.4, 0.5) is 0 Å². The van der Waals surface area contributed by atoms with Crippen LogP contribution in [0.2, 0.25) is 0 Å². The first kappa shape index (κ1) is 51.9. The Balaban J connectivity index is 0. The Hall–Kier alpha value is -2.16. The van der Waals surface area contributed by atoms with Crippen molar-refractivity contribution in [3.8, 4) is 0 Å². The lowest BCUT2D eigenvalue weighted by molar-refractivity contribution is -0.154. The van der Waals surface area contributed by atoms with Gasteiger partial charge in [-0.1, -0.05) is 194 Å². The molecule has 0 saturated carbocycles. The number of aliphatic hydroxyl groups excluding tert-OH is 1. The second-order valence-corrected chi connectivity index (χ2v) is 14.7. The number of aliphatic hydroxyl groups is 1. The monoisotopic (exact) mass is 743 g/mol. The van der Waals surface area contributed by atoms with Gasteiger partial charge in [0.1, 0.15) is 19.3 Å². The highest BCUT2D eigenvalue weighted by Crippen LogP contribution is 2.15. The Morgan fingerprint density at radius 1 is 0.365 bits per heavy atom. The second kappa shape index (κ2) is 43.2. The van der Waals surface area contributed by atoms with Crippen LogP contribution in [0.1, 0.15) is 232 Å². The van der Waals surface area contributed by atoms with Gasteiger partial charge >= 0.3 is 23.9 Å². The molecule has 3 N–H and O–H groups in total. The average molecular weight is 743 g/mol. The Labute approximate surface area is 318 Å². The average Bonchev–Trinajstić information content (AvgIpc) is 3.12. The summed E-state index contributed by atoms with van der Waals surface area (Å²) in [5.41, 5.74) is 0. The molecule has 0 aromatic heterocycles. The van der Waals surface area contributed by atoms with Gasteiger partial charge in [0.2, 0.25) is 0 Å². The third-order valence-corrected chi connectivity index (χ3v) is 9.40. The standard InChI is InChI=1S/C25H46O7.C18H36O2/c1-2-3-4-5-6-7-8-9-10-11-12-13-14-15-16-17-24(29)31-20-22(26)21-32-25(30)19-18-23(27)28;1-2-3-4-5-6-7-8-9-10-11-12-13-14-15-16-17-18(19)20/h22,26H,2-21H2,1H3,(H,27,28);2-17H2,1H3,(H,19,20). The number of unbranched alkanes of at least 4 members (excludes halogenated alkanes) is 28. The minimum atomic E-state index is -1.10. The number of carboxylic acids is 2. The van der Waals surface area contributed by atoms with Crippen LogP contribution in [0.3, 0.4) is 0 Å². The molecule has 0 amide bonds.